The second-order valence-corrected chi connectivity index (χ2v) is 4.82. The van der Waals surface area contributed by atoms with Gasteiger partial charge in [0.25, 0.3) is 0 Å². The lowest BCUT2D eigenvalue weighted by molar-refractivity contribution is -0.143. The van der Waals surface area contributed by atoms with Crippen LogP contribution in [0.25, 0.3) is 0 Å². The van der Waals surface area contributed by atoms with E-state index in [1.54, 1.807) is 0 Å². The highest BCUT2D eigenvalue weighted by Crippen LogP contribution is 2.53. The Hall–Kier alpha value is -0.570. The number of nitrogens with two attached hydrogens (primary N) is 1. The molecule has 0 radical (unpaired) electrons. The maximum Gasteiger partial charge on any atom is 0.303 e. The second-order valence-electron chi connectivity index (χ2n) is 4.82. The molecule has 0 aromatic heterocycles. The first-order valence-electron chi connectivity index (χ1n) is 4.83. The van der Waals surface area contributed by atoms with Crippen LogP contribution in [0.1, 0.15) is 33.6 Å². The summed E-state index contributed by atoms with van der Waals surface area (Å²) in [5.41, 5.74) is 5.92. The van der Waals surface area contributed by atoms with Crippen molar-refractivity contribution in [2.75, 3.05) is 0 Å². The van der Waals surface area contributed by atoms with Crippen LogP contribution in [0.15, 0.2) is 0 Å². The molecule has 3 atom stereocenters. The molecule has 1 rings (SSSR count). The molecule has 0 amide bonds. The van der Waals surface area contributed by atoms with Gasteiger partial charge in [0.1, 0.15) is 0 Å². The number of rotatable bonds is 3. The standard InChI is InChI=1S/C10H19NO2/c1-6(11)8-4-7(5-9(12)13)10(8,2)3/h6-8H,4-5,11H2,1-3H3,(H,12,13)/t6-,7+,8-/m0/s1. The highest BCUT2D eigenvalue weighted by molar-refractivity contribution is 5.67. The lowest BCUT2D eigenvalue weighted by atomic mass is 9.52. The molecule has 0 aromatic rings. The van der Waals surface area contributed by atoms with E-state index in [9.17, 15) is 4.79 Å². The van der Waals surface area contributed by atoms with Crippen LogP contribution in [0.5, 0.6) is 0 Å². The number of carboxylic acids is 1. The molecule has 0 bridgehead atoms. The van der Waals surface area contributed by atoms with Crippen LogP contribution in [0, 0.1) is 17.3 Å². The molecule has 0 aliphatic heterocycles. The Balaban J connectivity index is 2.54. The van der Waals surface area contributed by atoms with E-state index >= 15 is 0 Å². The van der Waals surface area contributed by atoms with E-state index in [0.717, 1.165) is 6.42 Å². The van der Waals surface area contributed by atoms with Crippen LogP contribution in [0.3, 0.4) is 0 Å². The average Bonchev–Trinajstić information content (AvgIpc) is 1.96. The van der Waals surface area contributed by atoms with E-state index in [0.29, 0.717) is 11.8 Å². The number of hydrogen-bond acceptors (Lipinski definition) is 2. The molecular formula is C10H19NO2. The Labute approximate surface area is 79.3 Å². The summed E-state index contributed by atoms with van der Waals surface area (Å²) in [6.45, 7) is 6.25. The highest BCUT2D eigenvalue weighted by Gasteiger charge is 2.49. The Bertz CT molecular complexity index is 211. The van der Waals surface area contributed by atoms with Crippen LogP contribution in [-0.2, 0) is 4.79 Å². The zero-order valence-corrected chi connectivity index (χ0v) is 8.58. The van der Waals surface area contributed by atoms with Crippen LogP contribution in [-0.4, -0.2) is 17.1 Å². The molecule has 3 nitrogen and oxygen atoms in total. The lowest BCUT2D eigenvalue weighted by Gasteiger charge is -2.53. The third-order valence-corrected chi connectivity index (χ3v) is 3.60. The van der Waals surface area contributed by atoms with Gasteiger partial charge in [0, 0.05) is 12.5 Å². The SMILES string of the molecule is C[C@H](N)[C@@H]1C[C@H](CC(=O)O)C1(C)C. The monoisotopic (exact) mass is 185 g/mol. The molecule has 1 fully saturated rings. The minimum atomic E-state index is -0.693. The molecule has 0 aromatic carbocycles. The fourth-order valence-electron chi connectivity index (χ4n) is 2.51. The van der Waals surface area contributed by atoms with Gasteiger partial charge >= 0.3 is 5.97 Å². The predicted molar refractivity (Wildman–Crippen MR) is 51.3 cm³/mol. The van der Waals surface area contributed by atoms with Gasteiger partial charge in [-0.1, -0.05) is 13.8 Å². The topological polar surface area (TPSA) is 63.3 Å². The van der Waals surface area contributed by atoms with E-state index in [4.69, 9.17) is 10.8 Å². The summed E-state index contributed by atoms with van der Waals surface area (Å²) in [7, 11) is 0. The van der Waals surface area contributed by atoms with Crippen molar-refractivity contribution in [2.24, 2.45) is 23.0 Å². The first-order chi connectivity index (χ1) is 5.85. The smallest absolute Gasteiger partial charge is 0.303 e. The lowest BCUT2D eigenvalue weighted by Crippen LogP contribution is -2.52. The number of hydrogen-bond donors (Lipinski definition) is 2. The molecule has 3 N–H and O–H groups in total. The Morgan fingerprint density at radius 1 is 1.69 bits per heavy atom. The average molecular weight is 185 g/mol. The molecule has 0 heterocycles. The van der Waals surface area contributed by atoms with Crippen LogP contribution in [0.2, 0.25) is 0 Å². The van der Waals surface area contributed by atoms with Gasteiger partial charge < -0.3 is 10.8 Å². The van der Waals surface area contributed by atoms with Gasteiger partial charge in [0.05, 0.1) is 0 Å². The molecule has 0 unspecified atom stereocenters. The molecule has 0 saturated heterocycles. The molecular weight excluding hydrogens is 166 g/mol. The van der Waals surface area contributed by atoms with Crippen molar-refractivity contribution in [3.63, 3.8) is 0 Å². The number of carbonyl (C=O) groups is 1. The van der Waals surface area contributed by atoms with Crippen molar-refractivity contribution in [3.05, 3.63) is 0 Å². The normalized spacial score (nSPS) is 33.5. The van der Waals surface area contributed by atoms with Crippen molar-refractivity contribution in [1.82, 2.24) is 0 Å². The first-order valence-corrected chi connectivity index (χ1v) is 4.83. The summed E-state index contributed by atoms with van der Waals surface area (Å²) in [5, 5.41) is 8.67. The third kappa shape index (κ3) is 1.85. The zero-order valence-electron chi connectivity index (χ0n) is 8.58. The van der Waals surface area contributed by atoms with Crippen molar-refractivity contribution in [1.29, 1.82) is 0 Å². The second kappa shape index (κ2) is 3.29. The van der Waals surface area contributed by atoms with Gasteiger partial charge in [-0.3, -0.25) is 4.79 Å². The maximum atomic E-state index is 10.5. The molecule has 1 aliphatic carbocycles. The Morgan fingerprint density at radius 3 is 2.54 bits per heavy atom. The molecule has 0 spiro atoms. The van der Waals surface area contributed by atoms with Crippen LogP contribution >= 0.6 is 0 Å². The quantitative estimate of drug-likeness (QED) is 0.699. The summed E-state index contributed by atoms with van der Waals surface area (Å²) in [6, 6.07) is 0.181. The molecule has 76 valence electrons. The van der Waals surface area contributed by atoms with E-state index < -0.39 is 5.97 Å². The van der Waals surface area contributed by atoms with Crippen molar-refractivity contribution in [3.8, 4) is 0 Å². The van der Waals surface area contributed by atoms with Gasteiger partial charge in [-0.2, -0.15) is 0 Å². The molecule has 3 heteroatoms. The summed E-state index contributed by atoms with van der Waals surface area (Å²) in [5.74, 6) is 0.0963. The van der Waals surface area contributed by atoms with Crippen molar-refractivity contribution < 1.29 is 9.90 Å². The fourth-order valence-corrected chi connectivity index (χ4v) is 2.51. The molecule has 13 heavy (non-hydrogen) atoms. The van der Waals surface area contributed by atoms with Crippen molar-refractivity contribution >= 4 is 5.97 Å². The Morgan fingerprint density at radius 2 is 2.23 bits per heavy atom. The fraction of sp³-hybridized carbons (Fsp3) is 0.900. The number of aliphatic carboxylic acids is 1. The molecule has 1 saturated carbocycles. The summed E-state index contributed by atoms with van der Waals surface area (Å²) >= 11 is 0. The van der Waals surface area contributed by atoms with E-state index in [-0.39, 0.29) is 17.9 Å². The van der Waals surface area contributed by atoms with E-state index in [2.05, 4.69) is 13.8 Å². The van der Waals surface area contributed by atoms with Gasteiger partial charge in [-0.25, -0.2) is 0 Å². The van der Waals surface area contributed by atoms with Gasteiger partial charge in [-0.05, 0) is 30.6 Å². The third-order valence-electron chi connectivity index (χ3n) is 3.60. The van der Waals surface area contributed by atoms with Crippen LogP contribution < -0.4 is 5.73 Å². The van der Waals surface area contributed by atoms with Crippen LogP contribution in [0.4, 0.5) is 0 Å². The zero-order chi connectivity index (χ0) is 10.2. The van der Waals surface area contributed by atoms with Gasteiger partial charge in [-0.15, -0.1) is 0 Å². The maximum absolute atomic E-state index is 10.5. The largest absolute Gasteiger partial charge is 0.481 e. The summed E-state index contributed by atoms with van der Waals surface area (Å²) < 4.78 is 0. The van der Waals surface area contributed by atoms with E-state index in [1.165, 1.54) is 0 Å². The highest BCUT2D eigenvalue weighted by atomic mass is 16.4. The number of carboxylic acid groups (broad SMARTS) is 1. The predicted octanol–water partition coefficient (Wildman–Crippen LogP) is 1.47. The first kappa shape index (κ1) is 10.5. The Kier molecular flexibility index (Phi) is 2.66. The van der Waals surface area contributed by atoms with Gasteiger partial charge in [0.15, 0.2) is 0 Å². The summed E-state index contributed by atoms with van der Waals surface area (Å²) in [4.78, 5) is 10.5. The molecule has 1 aliphatic rings. The van der Waals surface area contributed by atoms with Gasteiger partial charge in [0.2, 0.25) is 0 Å². The summed E-state index contributed by atoms with van der Waals surface area (Å²) in [6.07, 6.45) is 1.26. The minimum absolute atomic E-state index is 0.104. The van der Waals surface area contributed by atoms with Crippen molar-refractivity contribution in [2.45, 2.75) is 39.7 Å². The minimum Gasteiger partial charge on any atom is -0.481 e. The van der Waals surface area contributed by atoms with E-state index in [1.807, 2.05) is 6.92 Å².